The highest BCUT2D eigenvalue weighted by Gasteiger charge is 2.12. The summed E-state index contributed by atoms with van der Waals surface area (Å²) in [7, 11) is 0. The number of nitrogens with two attached hydrogens (primary N) is 1. The van der Waals surface area contributed by atoms with Gasteiger partial charge in [0.1, 0.15) is 5.69 Å². The third-order valence-corrected chi connectivity index (χ3v) is 2.64. The van der Waals surface area contributed by atoms with Crippen LogP contribution in [0.15, 0.2) is 42.5 Å². The molecule has 0 aliphatic carbocycles. The molecule has 0 bridgehead atoms. The van der Waals surface area contributed by atoms with Gasteiger partial charge in [-0.05, 0) is 35.4 Å². The van der Waals surface area contributed by atoms with Crippen LogP contribution in [0.2, 0.25) is 0 Å². The van der Waals surface area contributed by atoms with E-state index in [9.17, 15) is 20.2 Å². The zero-order chi connectivity index (χ0) is 14.0. The number of non-ortho nitro benzene ring substituents is 1. The highest BCUT2D eigenvalue weighted by Crippen LogP contribution is 2.29. The first-order valence-electron chi connectivity index (χ1n) is 5.28. The normalized spacial score (nSPS) is 10.1. The van der Waals surface area contributed by atoms with E-state index in [4.69, 9.17) is 5.73 Å². The SMILES string of the molecule is Nc1cc(-c2ccc([N+](=O)[O-])cc2)ccc1[N+](=O)[O-]. The van der Waals surface area contributed by atoms with Crippen LogP contribution in [0.1, 0.15) is 0 Å². The molecular formula is C12H9N3O4. The van der Waals surface area contributed by atoms with Gasteiger partial charge in [-0.15, -0.1) is 0 Å². The first-order valence-corrected chi connectivity index (χ1v) is 5.28. The number of hydrogen-bond donors (Lipinski definition) is 1. The predicted octanol–water partition coefficient (Wildman–Crippen LogP) is 2.75. The van der Waals surface area contributed by atoms with Crippen molar-refractivity contribution >= 4 is 17.1 Å². The van der Waals surface area contributed by atoms with Crippen molar-refractivity contribution in [2.24, 2.45) is 0 Å². The number of nitrogen functional groups attached to an aromatic ring is 1. The molecule has 0 atom stereocenters. The summed E-state index contributed by atoms with van der Waals surface area (Å²) < 4.78 is 0. The van der Waals surface area contributed by atoms with Crippen LogP contribution in [0.5, 0.6) is 0 Å². The van der Waals surface area contributed by atoms with Crippen molar-refractivity contribution in [3.05, 3.63) is 62.7 Å². The molecule has 2 aromatic carbocycles. The summed E-state index contributed by atoms with van der Waals surface area (Å²) >= 11 is 0. The minimum absolute atomic E-state index is 0.0152. The van der Waals surface area contributed by atoms with Gasteiger partial charge in [-0.1, -0.05) is 0 Å². The zero-order valence-corrected chi connectivity index (χ0v) is 9.65. The van der Waals surface area contributed by atoms with Crippen molar-refractivity contribution in [3.8, 4) is 11.1 Å². The Bertz CT molecular complexity index is 653. The van der Waals surface area contributed by atoms with Crippen molar-refractivity contribution < 1.29 is 9.85 Å². The average Bonchev–Trinajstić information content (AvgIpc) is 2.38. The first-order chi connectivity index (χ1) is 8.99. The topological polar surface area (TPSA) is 112 Å². The Balaban J connectivity index is 2.39. The zero-order valence-electron chi connectivity index (χ0n) is 9.65. The number of anilines is 1. The molecule has 0 fully saturated rings. The maximum Gasteiger partial charge on any atom is 0.292 e. The molecule has 96 valence electrons. The van der Waals surface area contributed by atoms with E-state index in [1.807, 2.05) is 0 Å². The van der Waals surface area contributed by atoms with Gasteiger partial charge in [0, 0.05) is 18.2 Å². The molecule has 2 aromatic rings. The van der Waals surface area contributed by atoms with E-state index in [2.05, 4.69) is 0 Å². The van der Waals surface area contributed by atoms with Crippen LogP contribution in [0, 0.1) is 20.2 Å². The molecule has 0 saturated carbocycles. The Morgan fingerprint density at radius 2 is 1.42 bits per heavy atom. The summed E-state index contributed by atoms with van der Waals surface area (Å²) in [5.41, 5.74) is 6.83. The number of nitrogens with zero attached hydrogens (tertiary/aromatic N) is 2. The monoisotopic (exact) mass is 259 g/mol. The summed E-state index contributed by atoms with van der Waals surface area (Å²) in [4.78, 5) is 20.1. The molecule has 0 spiro atoms. The number of rotatable bonds is 3. The van der Waals surface area contributed by atoms with Crippen molar-refractivity contribution in [1.82, 2.24) is 0 Å². The van der Waals surface area contributed by atoms with Gasteiger partial charge in [-0.2, -0.15) is 0 Å². The molecule has 19 heavy (non-hydrogen) atoms. The van der Waals surface area contributed by atoms with E-state index in [-0.39, 0.29) is 17.1 Å². The number of benzene rings is 2. The fraction of sp³-hybridized carbons (Fsp3) is 0. The van der Waals surface area contributed by atoms with Crippen LogP contribution >= 0.6 is 0 Å². The van der Waals surface area contributed by atoms with Crippen molar-refractivity contribution in [3.63, 3.8) is 0 Å². The molecule has 2 N–H and O–H groups in total. The molecule has 0 aliphatic heterocycles. The molecule has 0 unspecified atom stereocenters. The highest BCUT2D eigenvalue weighted by molar-refractivity contribution is 5.73. The lowest BCUT2D eigenvalue weighted by atomic mass is 10.0. The van der Waals surface area contributed by atoms with E-state index in [1.54, 1.807) is 18.2 Å². The Morgan fingerprint density at radius 3 is 1.89 bits per heavy atom. The summed E-state index contributed by atoms with van der Waals surface area (Å²) in [5, 5.41) is 21.2. The maximum atomic E-state index is 10.6. The van der Waals surface area contributed by atoms with Gasteiger partial charge in [0.05, 0.1) is 9.85 Å². The third kappa shape index (κ3) is 2.49. The lowest BCUT2D eigenvalue weighted by Crippen LogP contribution is -1.95. The van der Waals surface area contributed by atoms with Gasteiger partial charge in [-0.25, -0.2) is 0 Å². The van der Waals surface area contributed by atoms with Gasteiger partial charge >= 0.3 is 0 Å². The van der Waals surface area contributed by atoms with E-state index in [0.717, 1.165) is 0 Å². The standard InChI is InChI=1S/C12H9N3O4/c13-11-7-9(3-6-12(11)15(18)19)8-1-4-10(5-2-8)14(16)17/h1-7H,13H2. The number of nitro benzene ring substituents is 2. The summed E-state index contributed by atoms with van der Waals surface area (Å²) in [6.45, 7) is 0. The molecule has 7 heteroatoms. The van der Waals surface area contributed by atoms with Gasteiger partial charge in [0.2, 0.25) is 0 Å². The van der Waals surface area contributed by atoms with Crippen LogP contribution in [-0.4, -0.2) is 9.85 Å². The van der Waals surface area contributed by atoms with Crippen LogP contribution in [-0.2, 0) is 0 Å². The molecule has 7 nitrogen and oxygen atoms in total. The summed E-state index contributed by atoms with van der Waals surface area (Å²) in [6.07, 6.45) is 0. The molecule has 2 rings (SSSR count). The summed E-state index contributed by atoms with van der Waals surface area (Å²) in [5.74, 6) is 0. The second-order valence-electron chi connectivity index (χ2n) is 3.83. The molecule has 0 saturated heterocycles. The smallest absolute Gasteiger partial charge is 0.292 e. The van der Waals surface area contributed by atoms with E-state index in [1.165, 1.54) is 24.3 Å². The number of hydrogen-bond acceptors (Lipinski definition) is 5. The largest absolute Gasteiger partial charge is 0.393 e. The van der Waals surface area contributed by atoms with Crippen LogP contribution in [0.4, 0.5) is 17.1 Å². The minimum Gasteiger partial charge on any atom is -0.393 e. The fourth-order valence-electron chi connectivity index (χ4n) is 1.68. The lowest BCUT2D eigenvalue weighted by Gasteiger charge is -2.03. The van der Waals surface area contributed by atoms with Gasteiger partial charge < -0.3 is 5.73 Å². The molecule has 0 heterocycles. The minimum atomic E-state index is -0.561. The van der Waals surface area contributed by atoms with Gasteiger partial charge in [0.25, 0.3) is 11.4 Å². The van der Waals surface area contributed by atoms with Crippen molar-refractivity contribution in [2.75, 3.05) is 5.73 Å². The predicted molar refractivity (Wildman–Crippen MR) is 69.6 cm³/mol. The van der Waals surface area contributed by atoms with Crippen molar-refractivity contribution in [2.45, 2.75) is 0 Å². The summed E-state index contributed by atoms with van der Waals surface area (Å²) in [6, 6.07) is 10.2. The highest BCUT2D eigenvalue weighted by atomic mass is 16.6. The Labute approximate surface area is 107 Å². The Hall–Kier alpha value is -2.96. The average molecular weight is 259 g/mol. The first kappa shape index (κ1) is 12.5. The molecule has 0 aliphatic rings. The van der Waals surface area contributed by atoms with E-state index in [0.29, 0.717) is 11.1 Å². The van der Waals surface area contributed by atoms with Gasteiger partial charge in [-0.3, -0.25) is 20.2 Å². The quantitative estimate of drug-likeness (QED) is 0.517. The molecular weight excluding hydrogens is 250 g/mol. The second-order valence-corrected chi connectivity index (χ2v) is 3.83. The Kier molecular flexibility index (Phi) is 3.11. The van der Waals surface area contributed by atoms with E-state index < -0.39 is 9.85 Å². The third-order valence-electron chi connectivity index (χ3n) is 2.64. The molecule has 0 aromatic heterocycles. The number of nitro groups is 2. The molecule has 0 radical (unpaired) electrons. The van der Waals surface area contributed by atoms with Crippen LogP contribution < -0.4 is 5.73 Å². The lowest BCUT2D eigenvalue weighted by molar-refractivity contribution is -0.384. The van der Waals surface area contributed by atoms with Crippen molar-refractivity contribution in [1.29, 1.82) is 0 Å². The fourth-order valence-corrected chi connectivity index (χ4v) is 1.68. The van der Waals surface area contributed by atoms with Crippen LogP contribution in [0.3, 0.4) is 0 Å². The van der Waals surface area contributed by atoms with Crippen LogP contribution in [0.25, 0.3) is 11.1 Å². The maximum absolute atomic E-state index is 10.6. The van der Waals surface area contributed by atoms with E-state index >= 15 is 0 Å². The Morgan fingerprint density at radius 1 is 0.842 bits per heavy atom. The van der Waals surface area contributed by atoms with Gasteiger partial charge in [0.15, 0.2) is 0 Å². The second kappa shape index (κ2) is 4.73. The molecule has 0 amide bonds.